The van der Waals surface area contributed by atoms with E-state index in [2.05, 4.69) is 5.32 Å². The molecule has 3 heteroatoms. The van der Waals surface area contributed by atoms with Crippen LogP contribution in [0.15, 0.2) is 0 Å². The molecular weight excluding hydrogens is 118 g/mol. The fraction of sp³-hybridized carbons (Fsp3) is 0.833. The Morgan fingerprint density at radius 1 is 1.67 bits per heavy atom. The summed E-state index contributed by atoms with van der Waals surface area (Å²) in [6, 6.07) is 0. The largest absolute Gasteiger partial charge is 0.386 e. The average Bonchev–Trinajstić information content (AvgIpc) is 1.89. The van der Waals surface area contributed by atoms with Crippen molar-refractivity contribution < 1.29 is 9.90 Å². The summed E-state index contributed by atoms with van der Waals surface area (Å²) in [4.78, 5) is 10.3. The second-order valence-electron chi connectivity index (χ2n) is 1.79. The monoisotopic (exact) mass is 130 g/mol. The van der Waals surface area contributed by atoms with Crippen LogP contribution in [0.2, 0.25) is 0 Å². The summed E-state index contributed by atoms with van der Waals surface area (Å²) < 4.78 is 0. The standard InChI is InChI=1S/C6H12NO2/c1-2-3-4-7-6(9)5-8/h8H,2-5H2,1H3. The fourth-order valence-electron chi connectivity index (χ4n) is 0.412. The van der Waals surface area contributed by atoms with Gasteiger partial charge in [-0.05, 0) is 6.42 Å². The number of nitrogens with zero attached hydrogens (tertiary/aromatic N) is 1. The number of carbonyl (C=O) groups excluding carboxylic acids is 1. The Kier molecular flexibility index (Phi) is 5.21. The van der Waals surface area contributed by atoms with E-state index in [9.17, 15) is 4.79 Å². The SMILES string of the molecule is CCCC[N]C(=O)CO. The first-order valence-electron chi connectivity index (χ1n) is 3.12. The van der Waals surface area contributed by atoms with Gasteiger partial charge in [0.25, 0.3) is 5.91 Å². The van der Waals surface area contributed by atoms with Gasteiger partial charge in [0.2, 0.25) is 0 Å². The van der Waals surface area contributed by atoms with Crippen molar-refractivity contribution >= 4 is 5.91 Å². The molecule has 0 heterocycles. The molecule has 0 aliphatic carbocycles. The van der Waals surface area contributed by atoms with Crippen molar-refractivity contribution in [2.24, 2.45) is 0 Å². The smallest absolute Gasteiger partial charge is 0.266 e. The van der Waals surface area contributed by atoms with Crippen molar-refractivity contribution in [3.8, 4) is 0 Å². The molecule has 0 saturated heterocycles. The third kappa shape index (κ3) is 5.30. The summed E-state index contributed by atoms with van der Waals surface area (Å²) in [5, 5.41) is 11.7. The highest BCUT2D eigenvalue weighted by Gasteiger charge is 1.96. The van der Waals surface area contributed by atoms with Gasteiger partial charge in [-0.25, -0.2) is 5.32 Å². The molecule has 0 bridgehead atoms. The highest BCUT2D eigenvalue weighted by molar-refractivity contribution is 5.76. The number of amides is 1. The van der Waals surface area contributed by atoms with E-state index in [1.807, 2.05) is 6.92 Å². The first-order valence-corrected chi connectivity index (χ1v) is 3.12. The lowest BCUT2D eigenvalue weighted by atomic mass is 10.3. The van der Waals surface area contributed by atoms with E-state index in [1.54, 1.807) is 0 Å². The Hall–Kier alpha value is -0.570. The van der Waals surface area contributed by atoms with Crippen molar-refractivity contribution in [2.75, 3.05) is 13.2 Å². The highest BCUT2D eigenvalue weighted by atomic mass is 16.3. The number of hydrogen-bond acceptors (Lipinski definition) is 2. The van der Waals surface area contributed by atoms with Crippen LogP contribution < -0.4 is 5.32 Å². The maximum atomic E-state index is 10.3. The molecule has 0 fully saturated rings. The normalized spacial score (nSPS) is 9.11. The van der Waals surface area contributed by atoms with Crippen LogP contribution in [0.4, 0.5) is 0 Å². The van der Waals surface area contributed by atoms with Crippen molar-refractivity contribution in [3.63, 3.8) is 0 Å². The third-order valence-corrected chi connectivity index (χ3v) is 0.935. The van der Waals surface area contributed by atoms with Crippen LogP contribution in [0.25, 0.3) is 0 Å². The molecule has 0 spiro atoms. The van der Waals surface area contributed by atoms with Crippen LogP contribution >= 0.6 is 0 Å². The van der Waals surface area contributed by atoms with E-state index in [1.165, 1.54) is 0 Å². The summed E-state index contributed by atoms with van der Waals surface area (Å²) in [5.74, 6) is -0.413. The Labute approximate surface area is 55.1 Å². The predicted octanol–water partition coefficient (Wildman–Crippen LogP) is -0.0902. The Balaban J connectivity index is 2.97. The summed E-state index contributed by atoms with van der Waals surface area (Å²) in [7, 11) is 0. The van der Waals surface area contributed by atoms with E-state index in [-0.39, 0.29) is 0 Å². The second-order valence-corrected chi connectivity index (χ2v) is 1.79. The molecule has 53 valence electrons. The molecule has 0 unspecified atom stereocenters. The van der Waals surface area contributed by atoms with Crippen LogP contribution in [-0.2, 0) is 4.79 Å². The predicted molar refractivity (Wildman–Crippen MR) is 34.0 cm³/mol. The highest BCUT2D eigenvalue weighted by Crippen LogP contribution is 1.82. The Morgan fingerprint density at radius 2 is 2.33 bits per heavy atom. The number of hydrogen-bond donors (Lipinski definition) is 1. The lowest BCUT2D eigenvalue weighted by Gasteiger charge is -1.95. The van der Waals surface area contributed by atoms with Crippen LogP contribution in [0.5, 0.6) is 0 Å². The van der Waals surface area contributed by atoms with Gasteiger partial charge in [-0.15, -0.1) is 0 Å². The number of aliphatic hydroxyl groups excluding tert-OH is 1. The van der Waals surface area contributed by atoms with Crippen molar-refractivity contribution in [2.45, 2.75) is 19.8 Å². The van der Waals surface area contributed by atoms with Gasteiger partial charge < -0.3 is 5.11 Å². The molecule has 0 rings (SSSR count). The number of carbonyl (C=O) groups is 1. The molecule has 1 radical (unpaired) electrons. The third-order valence-electron chi connectivity index (χ3n) is 0.935. The van der Waals surface area contributed by atoms with Crippen LogP contribution in [0.3, 0.4) is 0 Å². The molecule has 0 aromatic carbocycles. The zero-order valence-corrected chi connectivity index (χ0v) is 5.63. The number of rotatable bonds is 4. The quantitative estimate of drug-likeness (QED) is 0.541. The molecule has 0 aromatic rings. The molecule has 1 N–H and O–H groups in total. The first kappa shape index (κ1) is 8.43. The summed E-state index contributed by atoms with van der Waals surface area (Å²) in [6.07, 6.45) is 1.95. The Morgan fingerprint density at radius 3 is 2.78 bits per heavy atom. The van der Waals surface area contributed by atoms with E-state index in [0.29, 0.717) is 6.54 Å². The number of unbranched alkanes of at least 4 members (excludes halogenated alkanes) is 1. The topological polar surface area (TPSA) is 51.4 Å². The van der Waals surface area contributed by atoms with Crippen molar-refractivity contribution in [1.82, 2.24) is 5.32 Å². The van der Waals surface area contributed by atoms with Crippen LogP contribution in [0, 0.1) is 0 Å². The van der Waals surface area contributed by atoms with Gasteiger partial charge in [0.15, 0.2) is 0 Å². The van der Waals surface area contributed by atoms with Crippen molar-refractivity contribution in [3.05, 3.63) is 0 Å². The van der Waals surface area contributed by atoms with Gasteiger partial charge in [0.1, 0.15) is 6.61 Å². The molecule has 0 saturated carbocycles. The minimum absolute atomic E-state index is 0.413. The second kappa shape index (κ2) is 5.56. The molecule has 0 aliphatic rings. The zero-order chi connectivity index (χ0) is 7.11. The average molecular weight is 130 g/mol. The van der Waals surface area contributed by atoms with Crippen LogP contribution in [-0.4, -0.2) is 24.2 Å². The maximum Gasteiger partial charge on any atom is 0.266 e. The Bertz CT molecular complexity index is 83.1. The number of aliphatic hydroxyl groups is 1. The van der Waals surface area contributed by atoms with Crippen LogP contribution in [0.1, 0.15) is 19.8 Å². The lowest BCUT2D eigenvalue weighted by Crippen LogP contribution is -2.19. The van der Waals surface area contributed by atoms with E-state index in [0.717, 1.165) is 12.8 Å². The first-order chi connectivity index (χ1) is 4.31. The minimum Gasteiger partial charge on any atom is -0.386 e. The van der Waals surface area contributed by atoms with Gasteiger partial charge >= 0.3 is 0 Å². The molecule has 0 atom stereocenters. The molecule has 0 aromatic heterocycles. The fourth-order valence-corrected chi connectivity index (χ4v) is 0.412. The zero-order valence-electron chi connectivity index (χ0n) is 5.63. The maximum absolute atomic E-state index is 10.3. The summed E-state index contributed by atoms with van der Waals surface area (Å²) in [5.41, 5.74) is 0. The molecule has 1 amide bonds. The van der Waals surface area contributed by atoms with Gasteiger partial charge in [0.05, 0.1) is 0 Å². The lowest BCUT2D eigenvalue weighted by molar-refractivity contribution is -0.124. The van der Waals surface area contributed by atoms with E-state index >= 15 is 0 Å². The molecule has 3 nitrogen and oxygen atoms in total. The van der Waals surface area contributed by atoms with E-state index < -0.39 is 12.5 Å². The molecule has 0 aliphatic heterocycles. The van der Waals surface area contributed by atoms with Gasteiger partial charge in [-0.1, -0.05) is 13.3 Å². The molecular formula is C6H12NO2. The van der Waals surface area contributed by atoms with Gasteiger partial charge in [0, 0.05) is 6.54 Å². The van der Waals surface area contributed by atoms with Crippen molar-refractivity contribution in [1.29, 1.82) is 0 Å². The van der Waals surface area contributed by atoms with Gasteiger partial charge in [-0.2, -0.15) is 0 Å². The van der Waals surface area contributed by atoms with Gasteiger partial charge in [-0.3, -0.25) is 4.79 Å². The summed E-state index contributed by atoms with van der Waals surface area (Å²) >= 11 is 0. The van der Waals surface area contributed by atoms with E-state index in [4.69, 9.17) is 5.11 Å². The molecule has 9 heavy (non-hydrogen) atoms. The summed E-state index contributed by atoms with van der Waals surface area (Å²) in [6.45, 7) is 2.12. The minimum atomic E-state index is -0.455.